The molecule has 0 unspecified atom stereocenters. The van der Waals surface area contributed by atoms with Gasteiger partial charge >= 0.3 is 0 Å². The zero-order valence-corrected chi connectivity index (χ0v) is 12.4. The number of halogens is 1. The highest BCUT2D eigenvalue weighted by molar-refractivity contribution is 6.32. The van der Waals surface area contributed by atoms with Crippen LogP contribution in [0.5, 0.6) is 0 Å². The Bertz CT molecular complexity index is 924. The number of pyridine rings is 1. The van der Waals surface area contributed by atoms with Crippen molar-refractivity contribution < 1.29 is 4.79 Å². The summed E-state index contributed by atoms with van der Waals surface area (Å²) in [5.41, 5.74) is 2.90. The highest BCUT2D eigenvalue weighted by Gasteiger charge is 2.12. The second-order valence-electron chi connectivity index (χ2n) is 4.78. The van der Waals surface area contributed by atoms with Gasteiger partial charge in [-0.3, -0.25) is 4.79 Å². The van der Waals surface area contributed by atoms with Crippen LogP contribution in [0.4, 0.5) is 5.69 Å². The molecule has 0 bridgehead atoms. The molecule has 0 saturated heterocycles. The lowest BCUT2D eigenvalue weighted by atomic mass is 10.2. The van der Waals surface area contributed by atoms with Gasteiger partial charge in [-0.25, -0.2) is 4.98 Å². The summed E-state index contributed by atoms with van der Waals surface area (Å²) in [6, 6.07) is 12.4. The Morgan fingerprint density at radius 1 is 1.36 bits per heavy atom. The Labute approximate surface area is 131 Å². The van der Waals surface area contributed by atoms with Crippen LogP contribution in [0.3, 0.4) is 0 Å². The van der Waals surface area contributed by atoms with Crippen molar-refractivity contribution in [3.05, 3.63) is 64.6 Å². The summed E-state index contributed by atoms with van der Waals surface area (Å²) >= 11 is 5.95. The van der Waals surface area contributed by atoms with Crippen LogP contribution in [-0.2, 0) is 0 Å². The van der Waals surface area contributed by atoms with Crippen molar-refractivity contribution in [2.24, 2.45) is 0 Å². The Hall–Kier alpha value is -2.84. The highest BCUT2D eigenvalue weighted by Crippen LogP contribution is 2.20. The van der Waals surface area contributed by atoms with E-state index in [1.807, 2.05) is 35.6 Å². The van der Waals surface area contributed by atoms with E-state index in [0.29, 0.717) is 27.6 Å². The quantitative estimate of drug-likeness (QED) is 0.788. The van der Waals surface area contributed by atoms with Crippen molar-refractivity contribution in [2.75, 3.05) is 5.32 Å². The van der Waals surface area contributed by atoms with E-state index in [1.54, 1.807) is 24.4 Å². The molecule has 3 aromatic rings. The largest absolute Gasteiger partial charge is 0.321 e. The smallest absolute Gasteiger partial charge is 0.275 e. The minimum absolute atomic E-state index is 0.297. The number of benzene rings is 1. The fourth-order valence-corrected chi connectivity index (χ4v) is 2.36. The van der Waals surface area contributed by atoms with Crippen LogP contribution in [-0.4, -0.2) is 15.3 Å². The molecule has 2 heterocycles. The topological polar surface area (TPSA) is 70.2 Å². The van der Waals surface area contributed by atoms with Gasteiger partial charge in [0, 0.05) is 17.6 Å². The third-order valence-electron chi connectivity index (χ3n) is 3.28. The number of carbonyl (C=O) groups excluding carboxylic acids is 1. The number of fused-ring (bicyclic) bond motifs is 1. The van der Waals surface area contributed by atoms with Gasteiger partial charge in [-0.2, -0.15) is 5.26 Å². The molecule has 0 saturated carbocycles. The van der Waals surface area contributed by atoms with Gasteiger partial charge in [0.1, 0.15) is 17.4 Å². The summed E-state index contributed by atoms with van der Waals surface area (Å²) in [7, 11) is 0. The zero-order valence-electron chi connectivity index (χ0n) is 11.7. The first-order valence-corrected chi connectivity index (χ1v) is 6.92. The third kappa shape index (κ3) is 2.52. The first kappa shape index (κ1) is 14.1. The Balaban J connectivity index is 1.89. The van der Waals surface area contributed by atoms with Crippen molar-refractivity contribution in [2.45, 2.75) is 6.92 Å². The molecule has 0 aliphatic rings. The minimum Gasteiger partial charge on any atom is -0.321 e. The maximum Gasteiger partial charge on any atom is 0.275 e. The molecule has 0 fully saturated rings. The number of amides is 1. The fraction of sp³-hybridized carbons (Fsp3) is 0.0625. The van der Waals surface area contributed by atoms with E-state index in [2.05, 4.69) is 10.3 Å². The number of nitrogens with one attached hydrogen (secondary N) is 1. The van der Waals surface area contributed by atoms with Gasteiger partial charge in [-0.1, -0.05) is 17.7 Å². The number of imidazole rings is 1. The molecule has 0 spiro atoms. The van der Waals surface area contributed by atoms with E-state index < -0.39 is 0 Å². The van der Waals surface area contributed by atoms with E-state index >= 15 is 0 Å². The van der Waals surface area contributed by atoms with Crippen LogP contribution in [0.15, 0.2) is 42.6 Å². The summed E-state index contributed by atoms with van der Waals surface area (Å²) in [4.78, 5) is 16.6. The van der Waals surface area contributed by atoms with Crippen LogP contribution < -0.4 is 5.32 Å². The molecule has 0 radical (unpaired) electrons. The summed E-state index contributed by atoms with van der Waals surface area (Å²) in [5, 5.41) is 11.9. The lowest BCUT2D eigenvalue weighted by molar-refractivity contribution is 0.102. The number of hydrogen-bond donors (Lipinski definition) is 1. The molecule has 2 aromatic heterocycles. The number of nitrogens with zero attached hydrogens (tertiary/aromatic N) is 3. The molecule has 5 nitrogen and oxygen atoms in total. The monoisotopic (exact) mass is 310 g/mol. The number of aromatic nitrogens is 2. The molecule has 22 heavy (non-hydrogen) atoms. The lowest BCUT2D eigenvalue weighted by Crippen LogP contribution is -2.12. The highest BCUT2D eigenvalue weighted by atomic mass is 35.5. The van der Waals surface area contributed by atoms with Crippen LogP contribution >= 0.6 is 11.6 Å². The van der Waals surface area contributed by atoms with Gasteiger partial charge in [0.15, 0.2) is 0 Å². The van der Waals surface area contributed by atoms with Gasteiger partial charge in [0.25, 0.3) is 5.91 Å². The van der Waals surface area contributed by atoms with Crippen molar-refractivity contribution in [1.29, 1.82) is 5.26 Å². The summed E-state index contributed by atoms with van der Waals surface area (Å²) in [6.07, 6.45) is 1.69. The number of anilines is 1. The molecule has 3 rings (SSSR count). The minimum atomic E-state index is -0.330. The second-order valence-corrected chi connectivity index (χ2v) is 5.19. The van der Waals surface area contributed by atoms with Gasteiger partial charge in [-0.15, -0.1) is 0 Å². The fourth-order valence-electron chi connectivity index (χ4n) is 2.14. The molecular weight excluding hydrogens is 300 g/mol. The van der Waals surface area contributed by atoms with Crippen LogP contribution in [0.1, 0.15) is 21.7 Å². The first-order chi connectivity index (χ1) is 10.6. The van der Waals surface area contributed by atoms with Crippen LogP contribution in [0.25, 0.3) is 5.65 Å². The first-order valence-electron chi connectivity index (χ1n) is 6.54. The lowest BCUT2D eigenvalue weighted by Gasteiger charge is -2.04. The molecule has 6 heteroatoms. The standard InChI is InChI=1S/C16H11ClN4O/c1-10-3-2-4-15-20-14(9-21(10)15)16(22)19-12-6-5-11(8-18)13(17)7-12/h2-7,9H,1H3,(H,19,22). The maximum absolute atomic E-state index is 12.3. The van der Waals surface area contributed by atoms with E-state index in [4.69, 9.17) is 16.9 Å². The number of carbonyl (C=O) groups is 1. The maximum atomic E-state index is 12.3. The van der Waals surface area contributed by atoms with Crippen LogP contribution in [0.2, 0.25) is 5.02 Å². The van der Waals surface area contributed by atoms with Gasteiger partial charge in [0.05, 0.1) is 10.6 Å². The summed E-state index contributed by atoms with van der Waals surface area (Å²) in [6.45, 7) is 1.94. The zero-order chi connectivity index (χ0) is 15.7. The molecule has 1 N–H and O–H groups in total. The van der Waals surface area contributed by atoms with Crippen LogP contribution in [0, 0.1) is 18.3 Å². The van der Waals surface area contributed by atoms with E-state index in [9.17, 15) is 4.79 Å². The summed E-state index contributed by atoms with van der Waals surface area (Å²) in [5.74, 6) is -0.330. The molecule has 108 valence electrons. The number of nitriles is 1. The van der Waals surface area contributed by atoms with E-state index in [-0.39, 0.29) is 5.91 Å². The summed E-state index contributed by atoms with van der Waals surface area (Å²) < 4.78 is 1.85. The average molecular weight is 311 g/mol. The normalized spacial score (nSPS) is 10.4. The molecule has 1 aromatic carbocycles. The number of rotatable bonds is 2. The Morgan fingerprint density at radius 2 is 2.18 bits per heavy atom. The van der Waals surface area contributed by atoms with E-state index in [0.717, 1.165) is 5.69 Å². The van der Waals surface area contributed by atoms with Crippen molar-refractivity contribution in [3.63, 3.8) is 0 Å². The molecule has 0 aliphatic carbocycles. The van der Waals surface area contributed by atoms with E-state index in [1.165, 1.54) is 0 Å². The molecule has 1 amide bonds. The molecule has 0 aliphatic heterocycles. The number of hydrogen-bond acceptors (Lipinski definition) is 3. The molecule has 0 atom stereocenters. The van der Waals surface area contributed by atoms with Crippen molar-refractivity contribution >= 4 is 28.8 Å². The third-order valence-corrected chi connectivity index (χ3v) is 3.59. The van der Waals surface area contributed by atoms with Gasteiger partial charge in [0.2, 0.25) is 0 Å². The van der Waals surface area contributed by atoms with Crippen molar-refractivity contribution in [3.8, 4) is 6.07 Å². The predicted octanol–water partition coefficient (Wildman–Crippen LogP) is 3.42. The Morgan fingerprint density at radius 3 is 2.86 bits per heavy atom. The number of aryl methyl sites for hydroxylation is 1. The van der Waals surface area contributed by atoms with Crippen molar-refractivity contribution in [1.82, 2.24) is 9.38 Å². The second kappa shape index (κ2) is 5.51. The Kier molecular flexibility index (Phi) is 3.53. The SMILES string of the molecule is Cc1cccc2nc(C(=O)Nc3ccc(C#N)c(Cl)c3)cn12. The molecular formula is C16H11ClN4O. The average Bonchev–Trinajstić information content (AvgIpc) is 2.93. The van der Waals surface area contributed by atoms with Gasteiger partial charge < -0.3 is 9.72 Å². The van der Waals surface area contributed by atoms with Gasteiger partial charge in [-0.05, 0) is 37.3 Å². The predicted molar refractivity (Wildman–Crippen MR) is 84.0 cm³/mol.